The van der Waals surface area contributed by atoms with Crippen LogP contribution in [0.25, 0.3) is 0 Å². The number of halogens is 1. The lowest BCUT2D eigenvalue weighted by atomic mass is 10.1. The zero-order valence-corrected chi connectivity index (χ0v) is 10.7. The molecule has 1 aromatic carbocycles. The van der Waals surface area contributed by atoms with Crippen LogP contribution in [0, 0.1) is 0 Å². The summed E-state index contributed by atoms with van der Waals surface area (Å²) in [6.45, 7) is 0. The van der Waals surface area contributed by atoms with Crippen molar-refractivity contribution in [1.29, 1.82) is 0 Å². The molecule has 0 bridgehead atoms. The Morgan fingerprint density at radius 1 is 1.42 bits per heavy atom. The van der Waals surface area contributed by atoms with Crippen molar-refractivity contribution in [3.05, 3.63) is 47.0 Å². The Morgan fingerprint density at radius 2 is 2.16 bits per heavy atom. The lowest BCUT2D eigenvalue weighted by Crippen LogP contribution is -2.17. The molecule has 2 N–H and O–H groups in total. The van der Waals surface area contributed by atoms with Gasteiger partial charge in [-0.15, -0.1) is 0 Å². The first-order valence-electron chi connectivity index (χ1n) is 5.29. The van der Waals surface area contributed by atoms with Gasteiger partial charge in [-0.1, -0.05) is 11.6 Å². The monoisotopic (exact) mass is 279 g/mol. The number of imidazole rings is 1. The average molecular weight is 280 g/mol. The highest BCUT2D eigenvalue weighted by Crippen LogP contribution is 2.21. The Kier molecular flexibility index (Phi) is 3.52. The molecule has 0 aliphatic rings. The maximum absolute atomic E-state index is 12.0. The van der Waals surface area contributed by atoms with E-state index in [9.17, 15) is 9.59 Å². The molecule has 98 valence electrons. The van der Waals surface area contributed by atoms with E-state index in [0.29, 0.717) is 5.69 Å². The number of aromatic carboxylic acids is 1. The fraction of sp³-hybridized carbons (Fsp3) is 0.0833. The Bertz CT molecular complexity index is 651. The molecule has 0 spiro atoms. The van der Waals surface area contributed by atoms with Crippen LogP contribution in [0.15, 0.2) is 30.7 Å². The number of carbonyl (C=O) groups is 2. The Labute approximate surface area is 113 Å². The molecule has 1 heterocycles. The molecule has 0 unspecified atom stereocenters. The zero-order chi connectivity index (χ0) is 14.0. The summed E-state index contributed by atoms with van der Waals surface area (Å²) >= 11 is 5.73. The minimum absolute atomic E-state index is 0.0666. The van der Waals surface area contributed by atoms with E-state index in [0.717, 1.165) is 0 Å². The molecule has 0 saturated heterocycles. The molecule has 0 aliphatic heterocycles. The van der Waals surface area contributed by atoms with Crippen LogP contribution in [0.2, 0.25) is 5.02 Å². The van der Waals surface area contributed by atoms with Gasteiger partial charge in [-0.05, 0) is 18.2 Å². The van der Waals surface area contributed by atoms with Crippen LogP contribution >= 0.6 is 11.6 Å². The zero-order valence-electron chi connectivity index (χ0n) is 9.92. The van der Waals surface area contributed by atoms with E-state index in [4.69, 9.17) is 16.7 Å². The SMILES string of the molecule is Cn1cncc1C(=O)Nc1ccc(Cl)cc1C(=O)O. The molecule has 0 atom stereocenters. The van der Waals surface area contributed by atoms with Crippen LogP contribution < -0.4 is 5.32 Å². The molecule has 2 aromatic rings. The summed E-state index contributed by atoms with van der Waals surface area (Å²) < 4.78 is 1.53. The minimum atomic E-state index is -1.16. The third kappa shape index (κ3) is 2.74. The van der Waals surface area contributed by atoms with Gasteiger partial charge in [0.15, 0.2) is 0 Å². The fourth-order valence-corrected chi connectivity index (χ4v) is 1.74. The number of nitrogens with zero attached hydrogens (tertiary/aromatic N) is 2. The second-order valence-electron chi connectivity index (χ2n) is 3.84. The smallest absolute Gasteiger partial charge is 0.337 e. The molecular formula is C12H10ClN3O3. The lowest BCUT2D eigenvalue weighted by Gasteiger charge is -2.08. The topological polar surface area (TPSA) is 84.2 Å². The van der Waals surface area contributed by atoms with Crippen molar-refractivity contribution in [1.82, 2.24) is 9.55 Å². The van der Waals surface area contributed by atoms with Crippen LogP contribution in [0.3, 0.4) is 0 Å². The second kappa shape index (κ2) is 5.11. The number of nitrogens with one attached hydrogen (secondary N) is 1. The molecule has 0 aliphatic carbocycles. The fourth-order valence-electron chi connectivity index (χ4n) is 1.56. The number of hydrogen-bond acceptors (Lipinski definition) is 3. The van der Waals surface area contributed by atoms with Gasteiger partial charge in [0, 0.05) is 12.1 Å². The largest absolute Gasteiger partial charge is 0.478 e. The van der Waals surface area contributed by atoms with Crippen molar-refractivity contribution >= 4 is 29.2 Å². The van der Waals surface area contributed by atoms with E-state index >= 15 is 0 Å². The number of hydrogen-bond donors (Lipinski definition) is 2. The molecule has 19 heavy (non-hydrogen) atoms. The Morgan fingerprint density at radius 3 is 2.74 bits per heavy atom. The van der Waals surface area contributed by atoms with E-state index in [2.05, 4.69) is 10.3 Å². The summed E-state index contributed by atoms with van der Waals surface area (Å²) in [5.41, 5.74) is 0.442. The van der Waals surface area contributed by atoms with E-state index < -0.39 is 11.9 Å². The third-order valence-corrected chi connectivity index (χ3v) is 2.74. The molecule has 6 nitrogen and oxygen atoms in total. The van der Waals surface area contributed by atoms with Crippen LogP contribution in [0.1, 0.15) is 20.8 Å². The summed E-state index contributed by atoms with van der Waals surface area (Å²) in [6, 6.07) is 4.23. The van der Waals surface area contributed by atoms with Gasteiger partial charge in [0.25, 0.3) is 5.91 Å². The first-order valence-corrected chi connectivity index (χ1v) is 5.67. The highest BCUT2D eigenvalue weighted by molar-refractivity contribution is 6.31. The van der Waals surface area contributed by atoms with Gasteiger partial charge in [0.05, 0.1) is 23.8 Å². The number of anilines is 1. The van der Waals surface area contributed by atoms with E-state index in [1.54, 1.807) is 7.05 Å². The molecule has 0 fully saturated rings. The van der Waals surface area contributed by atoms with Gasteiger partial charge in [-0.2, -0.15) is 0 Å². The summed E-state index contributed by atoms with van der Waals surface area (Å²) in [5, 5.41) is 11.9. The molecule has 0 radical (unpaired) electrons. The average Bonchev–Trinajstić information content (AvgIpc) is 2.77. The number of amides is 1. The number of carbonyl (C=O) groups excluding carboxylic acids is 1. The summed E-state index contributed by atoms with van der Waals surface area (Å²) in [4.78, 5) is 26.9. The molecule has 2 rings (SSSR count). The van der Waals surface area contributed by atoms with E-state index in [1.807, 2.05) is 0 Å². The molecule has 0 saturated carbocycles. The van der Waals surface area contributed by atoms with Gasteiger partial charge in [-0.3, -0.25) is 4.79 Å². The van der Waals surface area contributed by atoms with Crippen molar-refractivity contribution < 1.29 is 14.7 Å². The van der Waals surface area contributed by atoms with Crippen molar-refractivity contribution in [2.24, 2.45) is 7.05 Å². The van der Waals surface area contributed by atoms with Crippen LogP contribution in [-0.4, -0.2) is 26.5 Å². The highest BCUT2D eigenvalue weighted by Gasteiger charge is 2.15. The molecule has 7 heteroatoms. The summed E-state index contributed by atoms with van der Waals surface area (Å²) in [5.74, 6) is -1.60. The second-order valence-corrected chi connectivity index (χ2v) is 4.28. The Balaban J connectivity index is 2.32. The van der Waals surface area contributed by atoms with E-state index in [-0.39, 0.29) is 16.3 Å². The van der Waals surface area contributed by atoms with Crippen LogP contribution in [0.5, 0.6) is 0 Å². The van der Waals surface area contributed by atoms with Crippen molar-refractivity contribution in [2.45, 2.75) is 0 Å². The first kappa shape index (κ1) is 13.1. The van der Waals surface area contributed by atoms with Crippen LogP contribution in [-0.2, 0) is 7.05 Å². The molecule has 1 amide bonds. The van der Waals surface area contributed by atoms with Gasteiger partial charge >= 0.3 is 5.97 Å². The lowest BCUT2D eigenvalue weighted by molar-refractivity contribution is 0.0698. The number of benzene rings is 1. The summed E-state index contributed by atoms with van der Waals surface area (Å²) in [6.07, 6.45) is 2.88. The Hall–Kier alpha value is -2.34. The van der Waals surface area contributed by atoms with Gasteiger partial charge in [-0.25, -0.2) is 9.78 Å². The minimum Gasteiger partial charge on any atom is -0.478 e. The van der Waals surface area contributed by atoms with Crippen molar-refractivity contribution in [2.75, 3.05) is 5.32 Å². The predicted octanol–water partition coefficient (Wildman–Crippen LogP) is 2.02. The quantitative estimate of drug-likeness (QED) is 0.900. The molecule has 1 aromatic heterocycles. The molecular weight excluding hydrogens is 270 g/mol. The highest BCUT2D eigenvalue weighted by atomic mass is 35.5. The van der Waals surface area contributed by atoms with Gasteiger partial charge in [0.1, 0.15) is 5.69 Å². The standard InChI is InChI=1S/C12H10ClN3O3/c1-16-6-14-5-10(16)11(17)15-9-3-2-7(13)4-8(9)12(18)19/h2-6H,1H3,(H,15,17)(H,18,19). The normalized spacial score (nSPS) is 10.2. The first-order chi connectivity index (χ1) is 8.99. The number of carboxylic acid groups (broad SMARTS) is 1. The van der Waals surface area contributed by atoms with E-state index in [1.165, 1.54) is 35.3 Å². The predicted molar refractivity (Wildman–Crippen MR) is 69.6 cm³/mol. The maximum atomic E-state index is 12.0. The number of aromatic nitrogens is 2. The van der Waals surface area contributed by atoms with Crippen molar-refractivity contribution in [3.8, 4) is 0 Å². The third-order valence-electron chi connectivity index (χ3n) is 2.51. The van der Waals surface area contributed by atoms with Crippen LogP contribution in [0.4, 0.5) is 5.69 Å². The van der Waals surface area contributed by atoms with Crippen molar-refractivity contribution in [3.63, 3.8) is 0 Å². The number of carboxylic acids is 1. The number of rotatable bonds is 3. The number of aryl methyl sites for hydroxylation is 1. The van der Waals surface area contributed by atoms with Gasteiger partial charge < -0.3 is 15.0 Å². The van der Waals surface area contributed by atoms with Gasteiger partial charge in [0.2, 0.25) is 0 Å². The summed E-state index contributed by atoms with van der Waals surface area (Å²) in [7, 11) is 1.67. The maximum Gasteiger partial charge on any atom is 0.337 e.